The van der Waals surface area contributed by atoms with Crippen LogP contribution in [0.1, 0.15) is 28.8 Å². The van der Waals surface area contributed by atoms with Gasteiger partial charge in [0.25, 0.3) is 5.91 Å². The van der Waals surface area contributed by atoms with Gasteiger partial charge < -0.3 is 15.5 Å². The van der Waals surface area contributed by atoms with Gasteiger partial charge >= 0.3 is 0 Å². The number of likely N-dealkylation sites (N-methyl/N-ethyl adjacent to an activating group) is 1. The van der Waals surface area contributed by atoms with E-state index in [0.717, 1.165) is 54.8 Å². The Morgan fingerprint density at radius 2 is 2.07 bits per heavy atom. The van der Waals surface area contributed by atoms with E-state index < -0.39 is 0 Å². The highest BCUT2D eigenvalue weighted by Crippen LogP contribution is 2.26. The lowest BCUT2D eigenvalue weighted by Gasteiger charge is -2.22. The van der Waals surface area contributed by atoms with Crippen LogP contribution < -0.4 is 10.6 Å². The van der Waals surface area contributed by atoms with Gasteiger partial charge in [0, 0.05) is 37.1 Å². The predicted octanol–water partition coefficient (Wildman–Crippen LogP) is 4.25. The molecule has 6 heteroatoms. The zero-order valence-electron chi connectivity index (χ0n) is 16.6. The molecule has 1 aliphatic heterocycles. The summed E-state index contributed by atoms with van der Waals surface area (Å²) >= 11 is 1.50. The van der Waals surface area contributed by atoms with E-state index in [1.165, 1.54) is 21.8 Å². The molecule has 0 spiro atoms. The lowest BCUT2D eigenvalue weighted by molar-refractivity contribution is 0.0953. The summed E-state index contributed by atoms with van der Waals surface area (Å²) in [4.78, 5) is 14.8. The van der Waals surface area contributed by atoms with E-state index in [1.54, 1.807) is 0 Å². The van der Waals surface area contributed by atoms with Crippen LogP contribution >= 0.6 is 11.5 Å². The first-order valence-electron chi connectivity index (χ1n) is 10.1. The minimum absolute atomic E-state index is 0.0144. The number of amides is 1. The standard InChI is InChI=1S/C23H26N4OS/c1-27-14-10-17(11-15-27)18-6-4-7-19(16-18)23(28)25-13-5-12-24-22-20-8-2-3-9-21(20)29-26-22/h2-4,6-10,16H,5,11-15H2,1H3,(H,24,26)(H,25,28). The summed E-state index contributed by atoms with van der Waals surface area (Å²) in [6, 6.07) is 16.2. The molecule has 2 heterocycles. The van der Waals surface area contributed by atoms with Crippen molar-refractivity contribution in [2.75, 3.05) is 38.5 Å². The molecule has 1 amide bonds. The van der Waals surface area contributed by atoms with Crippen molar-refractivity contribution in [3.05, 3.63) is 65.7 Å². The number of nitrogens with one attached hydrogen (secondary N) is 2. The molecule has 4 rings (SSSR count). The van der Waals surface area contributed by atoms with E-state index in [9.17, 15) is 4.79 Å². The molecule has 29 heavy (non-hydrogen) atoms. The second-order valence-electron chi connectivity index (χ2n) is 7.39. The van der Waals surface area contributed by atoms with E-state index in [-0.39, 0.29) is 5.91 Å². The molecule has 0 saturated heterocycles. The molecule has 1 aromatic heterocycles. The molecule has 0 fully saturated rings. The first-order chi connectivity index (χ1) is 14.2. The summed E-state index contributed by atoms with van der Waals surface area (Å²) in [5.41, 5.74) is 3.21. The zero-order chi connectivity index (χ0) is 20.1. The number of rotatable bonds is 7. The van der Waals surface area contributed by atoms with Crippen molar-refractivity contribution < 1.29 is 4.79 Å². The fraction of sp³-hybridized carbons (Fsp3) is 0.304. The summed E-state index contributed by atoms with van der Waals surface area (Å²) in [6.45, 7) is 3.43. The third kappa shape index (κ3) is 4.83. The SMILES string of the molecule is CN1CC=C(c2cccc(C(=O)NCCCNc3nsc4ccccc34)c2)CC1. The largest absolute Gasteiger partial charge is 0.369 e. The van der Waals surface area contributed by atoms with Gasteiger partial charge in [0.15, 0.2) is 0 Å². The van der Waals surface area contributed by atoms with Gasteiger partial charge in [-0.15, -0.1) is 0 Å². The zero-order valence-corrected chi connectivity index (χ0v) is 17.5. The van der Waals surface area contributed by atoms with Crippen molar-refractivity contribution in [3.8, 4) is 0 Å². The second-order valence-corrected chi connectivity index (χ2v) is 8.19. The van der Waals surface area contributed by atoms with E-state index >= 15 is 0 Å². The van der Waals surface area contributed by atoms with Crippen LogP contribution in [-0.4, -0.2) is 48.4 Å². The minimum atomic E-state index is -0.0144. The highest BCUT2D eigenvalue weighted by Gasteiger charge is 2.12. The lowest BCUT2D eigenvalue weighted by atomic mass is 9.98. The fourth-order valence-electron chi connectivity index (χ4n) is 3.51. The molecule has 0 unspecified atom stereocenters. The van der Waals surface area contributed by atoms with E-state index in [0.29, 0.717) is 6.54 Å². The number of benzene rings is 2. The Morgan fingerprint density at radius 3 is 2.93 bits per heavy atom. The monoisotopic (exact) mass is 406 g/mol. The van der Waals surface area contributed by atoms with Gasteiger partial charge in [-0.25, -0.2) is 0 Å². The average molecular weight is 407 g/mol. The van der Waals surface area contributed by atoms with E-state index in [2.05, 4.69) is 51.2 Å². The van der Waals surface area contributed by atoms with E-state index in [4.69, 9.17) is 0 Å². The topological polar surface area (TPSA) is 57.3 Å². The quantitative estimate of drug-likeness (QED) is 0.576. The van der Waals surface area contributed by atoms with Crippen LogP contribution in [0.25, 0.3) is 15.7 Å². The minimum Gasteiger partial charge on any atom is -0.369 e. The summed E-state index contributed by atoms with van der Waals surface area (Å²) in [5.74, 6) is 0.913. The van der Waals surface area contributed by atoms with Crippen LogP contribution in [0.2, 0.25) is 0 Å². The Bertz CT molecular complexity index is 1030. The van der Waals surface area contributed by atoms with Crippen molar-refractivity contribution in [2.24, 2.45) is 0 Å². The first-order valence-corrected chi connectivity index (χ1v) is 10.8. The number of fused-ring (bicyclic) bond motifs is 1. The maximum absolute atomic E-state index is 12.5. The van der Waals surface area contributed by atoms with Gasteiger partial charge in [0.1, 0.15) is 5.82 Å². The molecule has 1 aliphatic rings. The van der Waals surface area contributed by atoms with Gasteiger partial charge in [0.2, 0.25) is 0 Å². The van der Waals surface area contributed by atoms with Crippen LogP contribution in [0.4, 0.5) is 5.82 Å². The van der Waals surface area contributed by atoms with Gasteiger partial charge in [-0.1, -0.05) is 30.3 Å². The Hall–Kier alpha value is -2.70. The van der Waals surface area contributed by atoms with Crippen LogP contribution in [-0.2, 0) is 0 Å². The number of nitrogens with zero attached hydrogens (tertiary/aromatic N) is 2. The van der Waals surface area contributed by atoms with Crippen LogP contribution in [0, 0.1) is 0 Å². The molecular weight excluding hydrogens is 380 g/mol. The summed E-state index contributed by atoms with van der Waals surface area (Å²) in [5, 5.41) is 7.56. The summed E-state index contributed by atoms with van der Waals surface area (Å²) in [6.07, 6.45) is 4.13. The molecule has 2 aromatic carbocycles. The van der Waals surface area contributed by atoms with Crippen LogP contribution in [0.5, 0.6) is 0 Å². The number of carbonyl (C=O) groups is 1. The molecular formula is C23H26N4OS. The first kappa shape index (κ1) is 19.6. The molecule has 0 radical (unpaired) electrons. The summed E-state index contributed by atoms with van der Waals surface area (Å²) < 4.78 is 5.65. The highest BCUT2D eigenvalue weighted by molar-refractivity contribution is 7.13. The normalized spacial score (nSPS) is 14.6. The molecule has 0 atom stereocenters. The molecule has 5 nitrogen and oxygen atoms in total. The van der Waals surface area contributed by atoms with Crippen LogP contribution in [0.3, 0.4) is 0 Å². The van der Waals surface area contributed by atoms with E-state index in [1.807, 2.05) is 30.3 Å². The van der Waals surface area contributed by atoms with Crippen molar-refractivity contribution >= 4 is 38.9 Å². The third-order valence-corrected chi connectivity index (χ3v) is 6.04. The number of hydrogen-bond acceptors (Lipinski definition) is 5. The number of carbonyl (C=O) groups excluding carboxylic acids is 1. The molecule has 0 aliphatic carbocycles. The maximum atomic E-state index is 12.5. The highest BCUT2D eigenvalue weighted by atomic mass is 32.1. The Balaban J connectivity index is 1.26. The average Bonchev–Trinajstić information content (AvgIpc) is 3.17. The molecule has 3 aromatic rings. The number of aromatic nitrogens is 1. The second kappa shape index (κ2) is 9.20. The van der Waals surface area contributed by atoms with Gasteiger partial charge in [-0.3, -0.25) is 4.79 Å². The van der Waals surface area contributed by atoms with Crippen LogP contribution in [0.15, 0.2) is 54.6 Å². The fourth-order valence-corrected chi connectivity index (χ4v) is 4.26. The lowest BCUT2D eigenvalue weighted by Crippen LogP contribution is -2.26. The molecule has 0 bridgehead atoms. The molecule has 0 saturated carbocycles. The Morgan fingerprint density at radius 1 is 1.17 bits per heavy atom. The van der Waals surface area contributed by atoms with Gasteiger partial charge in [0.05, 0.1) is 4.70 Å². The number of hydrogen-bond donors (Lipinski definition) is 2. The predicted molar refractivity (Wildman–Crippen MR) is 122 cm³/mol. The van der Waals surface area contributed by atoms with Crippen molar-refractivity contribution in [2.45, 2.75) is 12.8 Å². The van der Waals surface area contributed by atoms with Gasteiger partial charge in [-0.2, -0.15) is 4.37 Å². The third-order valence-electron chi connectivity index (χ3n) is 5.22. The van der Waals surface area contributed by atoms with Crippen molar-refractivity contribution in [3.63, 3.8) is 0 Å². The van der Waals surface area contributed by atoms with Crippen molar-refractivity contribution in [1.82, 2.24) is 14.6 Å². The number of anilines is 1. The summed E-state index contributed by atoms with van der Waals surface area (Å²) in [7, 11) is 2.13. The Kier molecular flexibility index (Phi) is 6.22. The maximum Gasteiger partial charge on any atom is 0.251 e. The van der Waals surface area contributed by atoms with Crippen molar-refractivity contribution in [1.29, 1.82) is 0 Å². The molecule has 2 N–H and O–H groups in total. The Labute approximate surface area is 175 Å². The smallest absolute Gasteiger partial charge is 0.251 e. The molecule has 150 valence electrons. The van der Waals surface area contributed by atoms with Gasteiger partial charge in [-0.05, 0) is 66.8 Å².